The molecule has 0 bridgehead atoms. The molecule has 1 fully saturated rings. The first-order valence-corrected chi connectivity index (χ1v) is 11.4. The summed E-state index contributed by atoms with van der Waals surface area (Å²) in [6.07, 6.45) is 0. The molecule has 186 valence electrons. The molecule has 3 aromatic rings. The van der Waals surface area contributed by atoms with E-state index in [1.807, 2.05) is 6.07 Å². The summed E-state index contributed by atoms with van der Waals surface area (Å²) in [5.41, 5.74) is 1.44. The van der Waals surface area contributed by atoms with Gasteiger partial charge < -0.3 is 29.3 Å². The van der Waals surface area contributed by atoms with Gasteiger partial charge in [-0.2, -0.15) is 0 Å². The fourth-order valence-electron chi connectivity index (χ4n) is 4.31. The van der Waals surface area contributed by atoms with Gasteiger partial charge in [0.15, 0.2) is 11.5 Å². The van der Waals surface area contributed by atoms with Gasteiger partial charge >= 0.3 is 0 Å². The molecule has 0 spiro atoms. The molecule has 0 aliphatic carbocycles. The van der Waals surface area contributed by atoms with Crippen molar-refractivity contribution in [3.63, 3.8) is 0 Å². The van der Waals surface area contributed by atoms with Gasteiger partial charge in [0.05, 0.1) is 38.0 Å². The van der Waals surface area contributed by atoms with Crippen molar-refractivity contribution in [1.82, 2.24) is 4.90 Å². The normalized spacial score (nSPS) is 16.8. The van der Waals surface area contributed by atoms with Crippen LogP contribution in [0.5, 0.6) is 23.0 Å². The first kappa shape index (κ1) is 24.7. The van der Waals surface area contributed by atoms with Gasteiger partial charge in [-0.05, 0) is 54.4 Å². The molecule has 1 heterocycles. The quantitative estimate of drug-likeness (QED) is 0.274. The molecule has 1 atom stereocenters. The van der Waals surface area contributed by atoms with Crippen molar-refractivity contribution in [1.29, 1.82) is 0 Å². The van der Waals surface area contributed by atoms with E-state index in [1.54, 1.807) is 68.6 Å². The predicted octanol–water partition coefficient (Wildman–Crippen LogP) is 4.43. The van der Waals surface area contributed by atoms with Crippen LogP contribution in [0.1, 0.15) is 29.7 Å². The molecule has 0 radical (unpaired) electrons. The van der Waals surface area contributed by atoms with E-state index < -0.39 is 17.7 Å². The fourth-order valence-corrected chi connectivity index (χ4v) is 4.31. The van der Waals surface area contributed by atoms with E-state index in [9.17, 15) is 19.8 Å². The lowest BCUT2D eigenvalue weighted by molar-refractivity contribution is -0.140. The molecule has 4 rings (SSSR count). The summed E-state index contributed by atoms with van der Waals surface area (Å²) in [5.74, 6) is -0.835. The van der Waals surface area contributed by atoms with E-state index in [1.165, 1.54) is 18.1 Å². The van der Waals surface area contributed by atoms with Crippen LogP contribution in [0.15, 0.2) is 72.3 Å². The number of carbonyl (C=O) groups excluding carboxylic acids is 2. The third-order valence-corrected chi connectivity index (χ3v) is 5.99. The maximum Gasteiger partial charge on any atom is 0.295 e. The number of rotatable bonds is 8. The Labute approximate surface area is 209 Å². The average Bonchev–Trinajstić information content (AvgIpc) is 3.14. The van der Waals surface area contributed by atoms with Crippen LogP contribution in [0.4, 0.5) is 0 Å². The highest BCUT2D eigenvalue weighted by Crippen LogP contribution is 2.43. The van der Waals surface area contributed by atoms with Crippen molar-refractivity contribution in [2.45, 2.75) is 19.5 Å². The minimum absolute atomic E-state index is 0.0740. The number of benzene rings is 3. The Morgan fingerprint density at radius 2 is 1.72 bits per heavy atom. The number of aliphatic hydroxyl groups excluding tert-OH is 1. The number of likely N-dealkylation sites (tertiary alicyclic amines) is 1. The minimum Gasteiger partial charge on any atom is -0.507 e. The van der Waals surface area contributed by atoms with Crippen molar-refractivity contribution in [2.75, 3.05) is 20.8 Å². The largest absolute Gasteiger partial charge is 0.507 e. The molecule has 1 aliphatic heterocycles. The number of methoxy groups -OCH3 is 2. The lowest BCUT2D eigenvalue weighted by atomic mass is 9.94. The Kier molecular flexibility index (Phi) is 7.15. The lowest BCUT2D eigenvalue weighted by Gasteiger charge is -2.26. The molecule has 1 aliphatic rings. The number of Topliss-reactive ketones (excluding diaryl/α,β-unsaturated/α-hetero) is 1. The van der Waals surface area contributed by atoms with Crippen molar-refractivity contribution < 1.29 is 34.0 Å². The Morgan fingerprint density at radius 1 is 0.944 bits per heavy atom. The van der Waals surface area contributed by atoms with E-state index in [-0.39, 0.29) is 34.9 Å². The number of phenolic OH excluding ortho intramolecular Hbond substituents is 1. The van der Waals surface area contributed by atoms with Gasteiger partial charge in [-0.1, -0.05) is 30.3 Å². The van der Waals surface area contributed by atoms with Crippen LogP contribution < -0.4 is 14.2 Å². The van der Waals surface area contributed by atoms with E-state index in [0.29, 0.717) is 23.7 Å². The number of nitrogens with zero attached hydrogens (tertiary/aromatic N) is 1. The summed E-state index contributed by atoms with van der Waals surface area (Å²) >= 11 is 0. The van der Waals surface area contributed by atoms with Crippen molar-refractivity contribution in [3.8, 4) is 23.0 Å². The van der Waals surface area contributed by atoms with Crippen LogP contribution in [-0.2, 0) is 16.1 Å². The van der Waals surface area contributed by atoms with Gasteiger partial charge in [0.2, 0.25) is 0 Å². The first-order valence-electron chi connectivity index (χ1n) is 11.4. The molecular weight excluding hydrogens is 462 g/mol. The second kappa shape index (κ2) is 10.4. The Hall–Kier alpha value is -4.46. The summed E-state index contributed by atoms with van der Waals surface area (Å²) in [6.45, 7) is 2.17. The molecule has 8 nitrogen and oxygen atoms in total. The zero-order valence-corrected chi connectivity index (χ0v) is 20.2. The lowest BCUT2D eigenvalue weighted by Crippen LogP contribution is -2.29. The number of amides is 1. The number of para-hydroxylation sites is 1. The number of ketones is 1. The summed E-state index contributed by atoms with van der Waals surface area (Å²) in [5, 5.41) is 21.6. The molecule has 1 unspecified atom stereocenters. The molecular formula is C28H27NO7. The molecule has 1 amide bonds. The summed E-state index contributed by atoms with van der Waals surface area (Å²) in [7, 11) is 3.00. The molecule has 2 N–H and O–H groups in total. The Balaban J connectivity index is 1.90. The van der Waals surface area contributed by atoms with E-state index in [0.717, 1.165) is 5.56 Å². The van der Waals surface area contributed by atoms with E-state index in [4.69, 9.17) is 14.2 Å². The highest BCUT2D eigenvalue weighted by atomic mass is 16.5. The molecule has 0 aromatic heterocycles. The summed E-state index contributed by atoms with van der Waals surface area (Å²) in [4.78, 5) is 28.1. The van der Waals surface area contributed by atoms with Gasteiger partial charge in [-0.25, -0.2) is 0 Å². The number of hydrogen-bond acceptors (Lipinski definition) is 7. The number of phenols is 1. The van der Waals surface area contributed by atoms with E-state index in [2.05, 4.69) is 0 Å². The molecule has 8 heteroatoms. The number of carbonyl (C=O) groups is 2. The first-order chi connectivity index (χ1) is 17.4. The highest BCUT2D eigenvalue weighted by molar-refractivity contribution is 6.46. The molecule has 36 heavy (non-hydrogen) atoms. The van der Waals surface area contributed by atoms with Gasteiger partial charge in [-0.15, -0.1) is 0 Å². The number of hydrogen-bond donors (Lipinski definition) is 2. The van der Waals surface area contributed by atoms with Crippen molar-refractivity contribution in [3.05, 3.63) is 89.0 Å². The second-order valence-corrected chi connectivity index (χ2v) is 8.14. The Morgan fingerprint density at radius 3 is 2.44 bits per heavy atom. The van der Waals surface area contributed by atoms with E-state index >= 15 is 0 Å². The fraction of sp³-hybridized carbons (Fsp3) is 0.214. The maximum absolute atomic E-state index is 13.3. The zero-order valence-electron chi connectivity index (χ0n) is 20.2. The predicted molar refractivity (Wildman–Crippen MR) is 133 cm³/mol. The number of aliphatic hydroxyl groups is 1. The second-order valence-electron chi connectivity index (χ2n) is 8.14. The topological polar surface area (TPSA) is 106 Å². The van der Waals surface area contributed by atoms with Crippen molar-refractivity contribution in [2.24, 2.45) is 0 Å². The highest BCUT2D eigenvalue weighted by Gasteiger charge is 2.46. The Bertz CT molecular complexity index is 1330. The summed E-state index contributed by atoms with van der Waals surface area (Å²) in [6, 6.07) is 17.6. The smallest absolute Gasteiger partial charge is 0.295 e. The average molecular weight is 490 g/mol. The van der Waals surface area contributed by atoms with Gasteiger partial charge in [0.25, 0.3) is 11.7 Å². The third-order valence-electron chi connectivity index (χ3n) is 5.99. The van der Waals surface area contributed by atoms with Gasteiger partial charge in [0.1, 0.15) is 17.3 Å². The van der Waals surface area contributed by atoms with Crippen LogP contribution in [-0.4, -0.2) is 47.6 Å². The van der Waals surface area contributed by atoms with Crippen LogP contribution in [0.25, 0.3) is 5.76 Å². The van der Waals surface area contributed by atoms with Crippen LogP contribution in [0.3, 0.4) is 0 Å². The molecule has 1 saturated heterocycles. The van der Waals surface area contributed by atoms with Crippen molar-refractivity contribution >= 4 is 17.4 Å². The monoisotopic (exact) mass is 489 g/mol. The molecule has 0 saturated carbocycles. The number of aromatic hydroxyl groups is 1. The van der Waals surface area contributed by atoms with Gasteiger partial charge in [0, 0.05) is 6.54 Å². The zero-order chi connectivity index (χ0) is 25.8. The minimum atomic E-state index is -0.944. The van der Waals surface area contributed by atoms with Gasteiger partial charge in [-0.3, -0.25) is 9.59 Å². The van der Waals surface area contributed by atoms with Crippen LogP contribution in [0, 0.1) is 0 Å². The standard InChI is InChI=1S/C28H27NO7/c1-4-36-23-15-18(12-13-21(23)30)25-24(26(31)20-10-5-6-11-22(20)35-3)27(32)28(33)29(25)16-17-8-7-9-19(14-17)34-2/h5-15,25,30-31H,4,16H2,1-3H3/b26-24-. The number of ether oxygens (including phenoxy) is 3. The summed E-state index contributed by atoms with van der Waals surface area (Å²) < 4.78 is 16.2. The van der Waals surface area contributed by atoms with Crippen LogP contribution >= 0.6 is 0 Å². The van der Waals surface area contributed by atoms with Crippen LogP contribution in [0.2, 0.25) is 0 Å². The third kappa shape index (κ3) is 4.57. The maximum atomic E-state index is 13.3. The molecule has 3 aromatic carbocycles. The SMILES string of the molecule is CCOc1cc(C2/C(=C(/O)c3ccccc3OC)C(=O)C(=O)N2Cc2cccc(OC)c2)ccc1O.